The number of nitrogens with zero attached hydrogens (tertiary/aromatic N) is 4. The van der Waals surface area contributed by atoms with Crippen LogP contribution in [-0.4, -0.2) is 39.8 Å². The molecule has 4 rings (SSSR count). The number of halogens is 2. The summed E-state index contributed by atoms with van der Waals surface area (Å²) in [4.78, 5) is 11.2. The van der Waals surface area contributed by atoms with Gasteiger partial charge in [-0.25, -0.2) is 9.37 Å². The molecule has 3 heterocycles. The van der Waals surface area contributed by atoms with Crippen LogP contribution in [0.4, 0.5) is 10.3 Å². The van der Waals surface area contributed by atoms with E-state index in [1.54, 1.807) is 6.20 Å². The van der Waals surface area contributed by atoms with Crippen LogP contribution in [-0.2, 0) is 6.54 Å². The van der Waals surface area contributed by atoms with Crippen LogP contribution < -0.4 is 10.6 Å². The minimum atomic E-state index is -0.952. The fraction of sp³-hybridized carbons (Fsp3) is 0.333. The monoisotopic (exact) mass is 359 g/mol. The van der Waals surface area contributed by atoms with Crippen LogP contribution in [0.2, 0.25) is 5.02 Å². The first-order valence-corrected chi connectivity index (χ1v) is 8.70. The number of anilines is 1. The van der Waals surface area contributed by atoms with Crippen LogP contribution in [0.15, 0.2) is 42.6 Å². The molecule has 0 radical (unpaired) electrons. The number of imidazole rings is 1. The van der Waals surface area contributed by atoms with Gasteiger partial charge in [-0.3, -0.25) is 4.98 Å². The quantitative estimate of drug-likeness (QED) is 0.781. The molecule has 5 nitrogen and oxygen atoms in total. The van der Waals surface area contributed by atoms with E-state index in [1.165, 1.54) is 0 Å². The first kappa shape index (κ1) is 16.3. The zero-order valence-electron chi connectivity index (χ0n) is 13.6. The third-order valence-electron chi connectivity index (χ3n) is 4.60. The van der Waals surface area contributed by atoms with Crippen LogP contribution in [0.5, 0.6) is 0 Å². The van der Waals surface area contributed by atoms with Gasteiger partial charge in [-0.15, -0.1) is 0 Å². The van der Waals surface area contributed by atoms with E-state index in [2.05, 4.69) is 14.5 Å². The molecule has 1 aliphatic rings. The Hall–Kier alpha value is -2.18. The number of para-hydroxylation sites is 2. The fourth-order valence-electron chi connectivity index (χ4n) is 3.26. The minimum Gasteiger partial charge on any atom is -0.340 e. The van der Waals surface area contributed by atoms with Crippen LogP contribution in [0, 0.1) is 0 Å². The lowest BCUT2D eigenvalue weighted by Crippen LogP contribution is -2.50. The average molecular weight is 360 g/mol. The van der Waals surface area contributed by atoms with Gasteiger partial charge in [0.25, 0.3) is 0 Å². The second-order valence-corrected chi connectivity index (χ2v) is 6.81. The minimum absolute atomic E-state index is 0.420. The molecule has 130 valence electrons. The molecule has 1 saturated heterocycles. The maximum Gasteiger partial charge on any atom is 0.206 e. The Morgan fingerprint density at radius 1 is 1.24 bits per heavy atom. The summed E-state index contributed by atoms with van der Waals surface area (Å²) in [6.45, 7) is 1.63. The molecule has 0 spiro atoms. The number of fused-ring (bicyclic) bond motifs is 1. The second-order valence-electron chi connectivity index (χ2n) is 6.37. The first-order chi connectivity index (χ1) is 12.1. The molecule has 7 heteroatoms. The Bertz CT molecular complexity index is 879. The molecule has 2 N–H and O–H groups in total. The van der Waals surface area contributed by atoms with Gasteiger partial charge in [0.05, 0.1) is 34.3 Å². The molecule has 1 fully saturated rings. The van der Waals surface area contributed by atoms with Crippen LogP contribution in [0.3, 0.4) is 0 Å². The molecule has 2 aromatic heterocycles. The van der Waals surface area contributed by atoms with E-state index < -0.39 is 12.2 Å². The Balaban J connectivity index is 1.74. The number of pyridine rings is 1. The Labute approximate surface area is 150 Å². The van der Waals surface area contributed by atoms with Gasteiger partial charge in [-0.05, 0) is 30.7 Å². The van der Waals surface area contributed by atoms with Crippen molar-refractivity contribution >= 4 is 28.6 Å². The predicted molar refractivity (Wildman–Crippen MR) is 97.8 cm³/mol. The molecule has 0 aliphatic carbocycles. The molecule has 1 aromatic carbocycles. The highest BCUT2D eigenvalue weighted by atomic mass is 35.5. The zero-order chi connectivity index (χ0) is 17.4. The molecule has 0 amide bonds. The van der Waals surface area contributed by atoms with E-state index in [1.807, 2.05) is 36.4 Å². The van der Waals surface area contributed by atoms with Crippen molar-refractivity contribution < 1.29 is 4.39 Å². The van der Waals surface area contributed by atoms with E-state index in [0.717, 1.165) is 22.7 Å². The Morgan fingerprint density at radius 3 is 2.84 bits per heavy atom. The Kier molecular flexibility index (Phi) is 4.31. The topological polar surface area (TPSA) is 60.0 Å². The highest BCUT2D eigenvalue weighted by molar-refractivity contribution is 6.30. The standard InChI is InChI=1S/C18H19ClFN5/c19-12-5-6-13(22-9-12)10-25-17-4-2-1-3-16(17)23-18(25)24-8-7-14(20)15(21)11-24/h1-6,9,14-15H,7-8,10-11,21H2/t14-,15+/m0/s1. The molecular formula is C18H19ClFN5. The van der Waals surface area contributed by atoms with Crippen LogP contribution >= 0.6 is 11.6 Å². The van der Waals surface area contributed by atoms with E-state index >= 15 is 0 Å². The third-order valence-corrected chi connectivity index (χ3v) is 4.82. The van der Waals surface area contributed by atoms with Gasteiger partial charge in [0.1, 0.15) is 6.17 Å². The maximum absolute atomic E-state index is 13.8. The number of benzene rings is 1. The molecule has 1 aliphatic heterocycles. The number of rotatable bonds is 3. The number of nitrogens with two attached hydrogens (primary N) is 1. The summed E-state index contributed by atoms with van der Waals surface area (Å²) in [7, 11) is 0. The second kappa shape index (κ2) is 6.61. The van der Waals surface area contributed by atoms with E-state index in [4.69, 9.17) is 22.3 Å². The van der Waals surface area contributed by atoms with Gasteiger partial charge in [0.15, 0.2) is 0 Å². The molecule has 0 bridgehead atoms. The van der Waals surface area contributed by atoms with E-state index in [9.17, 15) is 4.39 Å². The van der Waals surface area contributed by atoms with Gasteiger partial charge in [-0.1, -0.05) is 23.7 Å². The van der Waals surface area contributed by atoms with Gasteiger partial charge < -0.3 is 15.2 Å². The molecule has 2 atom stereocenters. The summed E-state index contributed by atoms with van der Waals surface area (Å²) in [6, 6.07) is 11.2. The van der Waals surface area contributed by atoms with Crippen LogP contribution in [0.25, 0.3) is 11.0 Å². The van der Waals surface area contributed by atoms with Crippen molar-refractivity contribution in [3.63, 3.8) is 0 Å². The lowest BCUT2D eigenvalue weighted by molar-refractivity contribution is 0.243. The zero-order valence-corrected chi connectivity index (χ0v) is 14.4. The maximum atomic E-state index is 13.8. The van der Waals surface area contributed by atoms with Crippen molar-refractivity contribution in [2.24, 2.45) is 5.73 Å². The summed E-state index contributed by atoms with van der Waals surface area (Å²) < 4.78 is 15.9. The summed E-state index contributed by atoms with van der Waals surface area (Å²) in [5, 5.41) is 0.607. The number of hydrogen-bond acceptors (Lipinski definition) is 4. The molecule has 0 saturated carbocycles. The van der Waals surface area contributed by atoms with E-state index in [-0.39, 0.29) is 0 Å². The van der Waals surface area contributed by atoms with Gasteiger partial charge in [0, 0.05) is 19.3 Å². The SMILES string of the molecule is N[C@@H]1CN(c2nc3ccccc3n2Cc2ccc(Cl)cn2)CC[C@@H]1F. The van der Waals surface area contributed by atoms with Crippen molar-refractivity contribution in [3.8, 4) is 0 Å². The fourth-order valence-corrected chi connectivity index (χ4v) is 3.37. The molecular weight excluding hydrogens is 341 g/mol. The first-order valence-electron chi connectivity index (χ1n) is 8.32. The summed E-state index contributed by atoms with van der Waals surface area (Å²) in [5.41, 5.74) is 8.75. The molecule has 0 unspecified atom stereocenters. The van der Waals surface area contributed by atoms with Gasteiger partial charge in [0.2, 0.25) is 5.95 Å². The van der Waals surface area contributed by atoms with Gasteiger partial charge in [-0.2, -0.15) is 0 Å². The highest BCUT2D eigenvalue weighted by Gasteiger charge is 2.29. The number of piperidine rings is 1. The number of aromatic nitrogens is 3. The molecule has 3 aromatic rings. The summed E-state index contributed by atoms with van der Waals surface area (Å²) in [6.07, 6.45) is 1.11. The molecule has 25 heavy (non-hydrogen) atoms. The van der Waals surface area contributed by atoms with Crippen LogP contribution in [0.1, 0.15) is 12.1 Å². The predicted octanol–water partition coefficient (Wildman–Crippen LogP) is 3.01. The van der Waals surface area contributed by atoms with Crippen molar-refractivity contribution in [3.05, 3.63) is 53.3 Å². The lowest BCUT2D eigenvalue weighted by Gasteiger charge is -2.34. The normalized spacial score (nSPS) is 21.0. The number of alkyl halides is 1. The van der Waals surface area contributed by atoms with Crippen molar-refractivity contribution in [2.45, 2.75) is 25.2 Å². The Morgan fingerprint density at radius 2 is 2.08 bits per heavy atom. The van der Waals surface area contributed by atoms with E-state index in [0.29, 0.717) is 31.1 Å². The third kappa shape index (κ3) is 3.19. The van der Waals surface area contributed by atoms with Gasteiger partial charge >= 0.3 is 0 Å². The smallest absolute Gasteiger partial charge is 0.206 e. The van der Waals surface area contributed by atoms with Crippen molar-refractivity contribution in [1.82, 2.24) is 14.5 Å². The number of hydrogen-bond donors (Lipinski definition) is 1. The van der Waals surface area contributed by atoms with Crippen molar-refractivity contribution in [2.75, 3.05) is 18.0 Å². The largest absolute Gasteiger partial charge is 0.340 e. The average Bonchev–Trinajstić information content (AvgIpc) is 2.98. The lowest BCUT2D eigenvalue weighted by atomic mass is 10.1. The van der Waals surface area contributed by atoms with Crippen molar-refractivity contribution in [1.29, 1.82) is 0 Å². The summed E-state index contributed by atoms with van der Waals surface area (Å²) >= 11 is 5.93. The highest BCUT2D eigenvalue weighted by Crippen LogP contribution is 2.26. The summed E-state index contributed by atoms with van der Waals surface area (Å²) in [5.74, 6) is 0.806.